The zero-order valence-electron chi connectivity index (χ0n) is 13.7. The van der Waals surface area contributed by atoms with Gasteiger partial charge in [-0.15, -0.1) is 0 Å². The molecule has 0 spiro atoms. The number of carbonyl (C=O) groups is 2. The molecule has 0 bridgehead atoms. The van der Waals surface area contributed by atoms with Crippen LogP contribution in [0.3, 0.4) is 0 Å². The lowest BCUT2D eigenvalue weighted by molar-refractivity contribution is -0.120. The number of carbonyl (C=O) groups excluding carboxylic acids is 2. The van der Waals surface area contributed by atoms with Crippen molar-refractivity contribution >= 4 is 29.1 Å². The van der Waals surface area contributed by atoms with Gasteiger partial charge in [-0.25, -0.2) is 0 Å². The van der Waals surface area contributed by atoms with Gasteiger partial charge in [0, 0.05) is 36.9 Å². The highest BCUT2D eigenvalue weighted by Crippen LogP contribution is 2.12. The number of amides is 2. The van der Waals surface area contributed by atoms with Crippen LogP contribution in [0.1, 0.15) is 15.9 Å². The molecule has 0 saturated heterocycles. The molecule has 0 aliphatic carbocycles. The number of nitrogens with one attached hydrogen (secondary N) is 2. The van der Waals surface area contributed by atoms with Crippen molar-refractivity contribution in [2.24, 2.45) is 0 Å². The van der Waals surface area contributed by atoms with Crippen molar-refractivity contribution in [2.75, 3.05) is 25.5 Å². The van der Waals surface area contributed by atoms with Crippen molar-refractivity contribution in [3.05, 3.63) is 64.7 Å². The summed E-state index contributed by atoms with van der Waals surface area (Å²) in [4.78, 5) is 25.7. The Morgan fingerprint density at radius 3 is 2.17 bits per heavy atom. The van der Waals surface area contributed by atoms with Gasteiger partial charge in [-0.1, -0.05) is 23.7 Å². The second-order valence-corrected chi connectivity index (χ2v) is 5.96. The Kier molecular flexibility index (Phi) is 6.21. The van der Waals surface area contributed by atoms with E-state index in [1.807, 2.05) is 43.3 Å². The van der Waals surface area contributed by atoms with Crippen LogP contribution in [-0.4, -0.2) is 32.5 Å². The molecule has 6 heteroatoms. The van der Waals surface area contributed by atoms with E-state index in [1.54, 1.807) is 24.3 Å². The van der Waals surface area contributed by atoms with Crippen LogP contribution in [0.2, 0.25) is 5.02 Å². The van der Waals surface area contributed by atoms with Gasteiger partial charge in [0.25, 0.3) is 5.91 Å². The van der Waals surface area contributed by atoms with E-state index >= 15 is 0 Å². The van der Waals surface area contributed by atoms with Crippen molar-refractivity contribution in [3.63, 3.8) is 0 Å². The highest BCUT2D eigenvalue weighted by atomic mass is 35.5. The Morgan fingerprint density at radius 1 is 0.958 bits per heavy atom. The van der Waals surface area contributed by atoms with Crippen LogP contribution in [-0.2, 0) is 11.3 Å². The van der Waals surface area contributed by atoms with E-state index < -0.39 is 0 Å². The maximum absolute atomic E-state index is 11.9. The van der Waals surface area contributed by atoms with Crippen LogP contribution in [0, 0.1) is 0 Å². The zero-order valence-corrected chi connectivity index (χ0v) is 14.4. The molecular formula is C18H20ClN3O2. The lowest BCUT2D eigenvalue weighted by Gasteiger charge is -2.13. The zero-order chi connectivity index (χ0) is 17.5. The molecule has 0 fully saturated rings. The lowest BCUT2D eigenvalue weighted by Crippen LogP contribution is -2.36. The van der Waals surface area contributed by atoms with E-state index in [2.05, 4.69) is 10.6 Å². The van der Waals surface area contributed by atoms with E-state index in [-0.39, 0.29) is 18.4 Å². The van der Waals surface area contributed by atoms with E-state index in [9.17, 15) is 9.59 Å². The largest absolute Gasteiger partial charge is 0.378 e. The molecule has 0 aromatic heterocycles. The second-order valence-electron chi connectivity index (χ2n) is 5.53. The molecule has 0 atom stereocenters. The summed E-state index contributed by atoms with van der Waals surface area (Å²) in [5.74, 6) is -0.550. The van der Waals surface area contributed by atoms with Gasteiger partial charge in [0.2, 0.25) is 5.91 Å². The second kappa shape index (κ2) is 8.36. The lowest BCUT2D eigenvalue weighted by atomic mass is 10.2. The first kappa shape index (κ1) is 17.8. The topological polar surface area (TPSA) is 61.4 Å². The minimum absolute atomic E-state index is 0.0722. The maximum Gasteiger partial charge on any atom is 0.251 e. The predicted molar refractivity (Wildman–Crippen MR) is 96.4 cm³/mol. The average molecular weight is 346 g/mol. The summed E-state index contributed by atoms with van der Waals surface area (Å²) >= 11 is 5.77. The van der Waals surface area contributed by atoms with Crippen molar-refractivity contribution in [1.29, 1.82) is 0 Å². The molecule has 0 heterocycles. The summed E-state index contributed by atoms with van der Waals surface area (Å²) < 4.78 is 0. The number of rotatable bonds is 6. The van der Waals surface area contributed by atoms with Crippen LogP contribution in [0.15, 0.2) is 48.5 Å². The fraction of sp³-hybridized carbons (Fsp3) is 0.222. The molecule has 0 aliphatic rings. The SMILES string of the molecule is CN(C)c1ccc(CNC(=O)CNC(=O)c2ccc(Cl)cc2)cc1. The standard InChI is InChI=1S/C18H20ClN3O2/c1-22(2)16-9-3-13(4-10-16)11-20-17(23)12-21-18(24)14-5-7-15(19)8-6-14/h3-10H,11-12H2,1-2H3,(H,20,23)(H,21,24). The summed E-state index contributed by atoms with van der Waals surface area (Å²) in [7, 11) is 3.94. The number of benzene rings is 2. The Balaban J connectivity index is 1.77. The van der Waals surface area contributed by atoms with Crippen LogP contribution in [0.4, 0.5) is 5.69 Å². The number of hydrogen-bond acceptors (Lipinski definition) is 3. The summed E-state index contributed by atoms with van der Waals surface area (Å²) in [6.45, 7) is 0.348. The number of anilines is 1. The van der Waals surface area contributed by atoms with Crippen LogP contribution in [0.5, 0.6) is 0 Å². The first-order valence-electron chi connectivity index (χ1n) is 7.52. The number of halogens is 1. The molecule has 0 radical (unpaired) electrons. The van der Waals surface area contributed by atoms with Gasteiger partial charge < -0.3 is 15.5 Å². The Bertz CT molecular complexity index is 697. The van der Waals surface area contributed by atoms with Crippen LogP contribution < -0.4 is 15.5 Å². The van der Waals surface area contributed by atoms with E-state index in [4.69, 9.17) is 11.6 Å². The third-order valence-corrected chi connectivity index (χ3v) is 3.71. The summed E-state index contributed by atoms with van der Waals surface area (Å²) in [5.41, 5.74) is 2.56. The van der Waals surface area contributed by atoms with Crippen LogP contribution in [0.25, 0.3) is 0 Å². The monoisotopic (exact) mass is 345 g/mol. The molecule has 2 aromatic rings. The van der Waals surface area contributed by atoms with E-state index in [1.165, 1.54) is 0 Å². The van der Waals surface area contributed by atoms with Crippen molar-refractivity contribution < 1.29 is 9.59 Å². The third kappa shape index (κ3) is 5.28. The van der Waals surface area contributed by atoms with Crippen LogP contribution >= 0.6 is 11.6 Å². The highest BCUT2D eigenvalue weighted by Gasteiger charge is 2.08. The minimum atomic E-state index is -0.308. The Morgan fingerprint density at radius 2 is 1.58 bits per heavy atom. The molecule has 2 rings (SSSR count). The highest BCUT2D eigenvalue weighted by molar-refractivity contribution is 6.30. The van der Waals surface area contributed by atoms with Gasteiger partial charge in [0.05, 0.1) is 6.54 Å². The van der Waals surface area contributed by atoms with Crippen molar-refractivity contribution in [3.8, 4) is 0 Å². The van der Waals surface area contributed by atoms with Gasteiger partial charge >= 0.3 is 0 Å². The van der Waals surface area contributed by atoms with Crippen molar-refractivity contribution in [1.82, 2.24) is 10.6 Å². The minimum Gasteiger partial charge on any atom is -0.378 e. The van der Waals surface area contributed by atoms with E-state index in [0.717, 1.165) is 11.3 Å². The first-order chi connectivity index (χ1) is 11.5. The molecule has 0 aliphatic heterocycles. The fourth-order valence-corrected chi connectivity index (χ4v) is 2.16. The smallest absolute Gasteiger partial charge is 0.251 e. The molecule has 126 valence electrons. The van der Waals surface area contributed by atoms with Gasteiger partial charge in [-0.3, -0.25) is 9.59 Å². The average Bonchev–Trinajstić information content (AvgIpc) is 2.58. The number of hydrogen-bond donors (Lipinski definition) is 2. The molecule has 0 unspecified atom stereocenters. The van der Waals surface area contributed by atoms with E-state index in [0.29, 0.717) is 17.1 Å². The molecule has 0 saturated carbocycles. The summed E-state index contributed by atoms with van der Waals surface area (Å²) in [5, 5.41) is 5.91. The molecule has 2 aromatic carbocycles. The van der Waals surface area contributed by atoms with Gasteiger partial charge in [-0.2, -0.15) is 0 Å². The third-order valence-electron chi connectivity index (χ3n) is 3.46. The number of nitrogens with zero attached hydrogens (tertiary/aromatic N) is 1. The molecular weight excluding hydrogens is 326 g/mol. The molecule has 5 nitrogen and oxygen atoms in total. The molecule has 2 amide bonds. The van der Waals surface area contributed by atoms with Crippen molar-refractivity contribution in [2.45, 2.75) is 6.54 Å². The quantitative estimate of drug-likeness (QED) is 0.845. The summed E-state index contributed by atoms with van der Waals surface area (Å²) in [6.07, 6.45) is 0. The molecule has 24 heavy (non-hydrogen) atoms. The molecule has 2 N–H and O–H groups in total. The Labute approximate surface area is 146 Å². The fourth-order valence-electron chi connectivity index (χ4n) is 2.04. The summed E-state index contributed by atoms with van der Waals surface area (Å²) in [6, 6.07) is 14.4. The van der Waals surface area contributed by atoms with Gasteiger partial charge in [-0.05, 0) is 42.0 Å². The van der Waals surface area contributed by atoms with Gasteiger partial charge in [0.1, 0.15) is 0 Å². The Hall–Kier alpha value is -2.53. The van der Waals surface area contributed by atoms with Gasteiger partial charge in [0.15, 0.2) is 0 Å². The first-order valence-corrected chi connectivity index (χ1v) is 7.90. The maximum atomic E-state index is 11.9. The normalized spacial score (nSPS) is 10.1. The predicted octanol–water partition coefficient (Wildman–Crippen LogP) is 2.45.